The lowest BCUT2D eigenvalue weighted by Crippen LogP contribution is -2.49. The summed E-state index contributed by atoms with van der Waals surface area (Å²) in [4.78, 5) is 30.6. The maximum Gasteiger partial charge on any atom is 0.293 e. The van der Waals surface area contributed by atoms with Crippen LogP contribution in [0.25, 0.3) is 0 Å². The first-order chi connectivity index (χ1) is 12.0. The average molecular weight is 344 g/mol. The summed E-state index contributed by atoms with van der Waals surface area (Å²) in [6, 6.07) is 0.0346. The van der Waals surface area contributed by atoms with Crippen molar-refractivity contribution in [1.82, 2.24) is 24.6 Å². The first-order valence-corrected chi connectivity index (χ1v) is 8.58. The van der Waals surface area contributed by atoms with Gasteiger partial charge in [-0.15, -0.1) is 0 Å². The maximum absolute atomic E-state index is 12.2. The van der Waals surface area contributed by atoms with E-state index >= 15 is 0 Å². The average Bonchev–Trinajstić information content (AvgIpc) is 3.01. The quantitative estimate of drug-likeness (QED) is 0.852. The molecule has 0 spiro atoms. The first-order valence-electron chi connectivity index (χ1n) is 8.58. The summed E-state index contributed by atoms with van der Waals surface area (Å²) in [6.45, 7) is 3.93. The Morgan fingerprint density at radius 1 is 1.44 bits per heavy atom. The van der Waals surface area contributed by atoms with Gasteiger partial charge >= 0.3 is 0 Å². The fourth-order valence-electron chi connectivity index (χ4n) is 3.09. The smallest absolute Gasteiger partial charge is 0.293 e. The Balaban J connectivity index is 1.55. The SMILES string of the molecule is Cc1cnn(CCC(=O)NC2CCCN(c3nccn(C)c3=O)C2)c1. The van der Waals surface area contributed by atoms with E-state index < -0.39 is 0 Å². The second kappa shape index (κ2) is 7.50. The highest BCUT2D eigenvalue weighted by atomic mass is 16.1. The number of aromatic nitrogens is 4. The molecule has 0 aliphatic carbocycles. The predicted molar refractivity (Wildman–Crippen MR) is 94.4 cm³/mol. The van der Waals surface area contributed by atoms with Gasteiger partial charge in [-0.2, -0.15) is 5.10 Å². The minimum Gasteiger partial charge on any atom is -0.352 e. The molecule has 8 nitrogen and oxygen atoms in total. The minimum atomic E-state index is -0.108. The molecule has 1 saturated heterocycles. The van der Waals surface area contributed by atoms with Crippen molar-refractivity contribution in [3.05, 3.63) is 40.7 Å². The number of piperidine rings is 1. The molecule has 134 valence electrons. The summed E-state index contributed by atoms with van der Waals surface area (Å²) < 4.78 is 3.30. The number of aryl methyl sites for hydroxylation is 3. The van der Waals surface area contributed by atoms with Gasteiger partial charge in [0.25, 0.3) is 5.56 Å². The number of hydrogen-bond donors (Lipinski definition) is 1. The summed E-state index contributed by atoms with van der Waals surface area (Å²) in [5, 5.41) is 7.26. The van der Waals surface area contributed by atoms with Gasteiger partial charge in [0, 0.05) is 57.7 Å². The van der Waals surface area contributed by atoms with Crippen LogP contribution in [0.1, 0.15) is 24.8 Å². The third-order valence-corrected chi connectivity index (χ3v) is 4.42. The topological polar surface area (TPSA) is 85.1 Å². The molecule has 25 heavy (non-hydrogen) atoms. The lowest BCUT2D eigenvalue weighted by atomic mass is 10.1. The molecule has 0 radical (unpaired) electrons. The molecule has 0 bridgehead atoms. The number of rotatable bonds is 5. The summed E-state index contributed by atoms with van der Waals surface area (Å²) in [5.41, 5.74) is 0.976. The minimum absolute atomic E-state index is 0.00827. The molecule has 1 unspecified atom stereocenters. The summed E-state index contributed by atoms with van der Waals surface area (Å²) >= 11 is 0. The summed E-state index contributed by atoms with van der Waals surface area (Å²) in [5.74, 6) is 0.463. The molecule has 2 aromatic heterocycles. The molecule has 0 aromatic carbocycles. The molecule has 1 atom stereocenters. The van der Waals surface area contributed by atoms with E-state index in [0.29, 0.717) is 25.3 Å². The second-order valence-corrected chi connectivity index (χ2v) is 6.55. The highest BCUT2D eigenvalue weighted by Gasteiger charge is 2.24. The van der Waals surface area contributed by atoms with Crippen LogP contribution >= 0.6 is 0 Å². The van der Waals surface area contributed by atoms with Gasteiger partial charge in [-0.3, -0.25) is 14.3 Å². The van der Waals surface area contributed by atoms with E-state index in [2.05, 4.69) is 15.4 Å². The van der Waals surface area contributed by atoms with Crippen molar-refractivity contribution >= 4 is 11.7 Å². The molecule has 1 aliphatic rings. The molecule has 3 heterocycles. The van der Waals surface area contributed by atoms with Crippen LogP contribution in [-0.2, 0) is 18.4 Å². The first kappa shape index (κ1) is 17.2. The summed E-state index contributed by atoms with van der Waals surface area (Å²) in [6.07, 6.45) is 9.20. The van der Waals surface area contributed by atoms with Crippen LogP contribution in [-0.4, -0.2) is 44.4 Å². The molecular formula is C17H24N6O2. The second-order valence-electron chi connectivity index (χ2n) is 6.55. The largest absolute Gasteiger partial charge is 0.352 e. The van der Waals surface area contributed by atoms with E-state index in [-0.39, 0.29) is 17.5 Å². The van der Waals surface area contributed by atoms with Crippen LogP contribution in [0.5, 0.6) is 0 Å². The monoisotopic (exact) mass is 344 g/mol. The number of carbonyl (C=O) groups is 1. The number of hydrogen-bond acceptors (Lipinski definition) is 5. The van der Waals surface area contributed by atoms with Gasteiger partial charge in [0.15, 0.2) is 5.82 Å². The van der Waals surface area contributed by atoms with Crippen molar-refractivity contribution in [2.75, 3.05) is 18.0 Å². The number of nitrogens with zero attached hydrogens (tertiary/aromatic N) is 5. The van der Waals surface area contributed by atoms with Gasteiger partial charge in [0.1, 0.15) is 0 Å². The van der Waals surface area contributed by atoms with Crippen molar-refractivity contribution in [3.8, 4) is 0 Å². The predicted octanol–water partition coefficient (Wildman–Crippen LogP) is 0.461. The van der Waals surface area contributed by atoms with Gasteiger partial charge < -0.3 is 14.8 Å². The van der Waals surface area contributed by atoms with Crippen molar-refractivity contribution in [2.45, 2.75) is 38.8 Å². The number of anilines is 1. The third kappa shape index (κ3) is 4.26. The van der Waals surface area contributed by atoms with E-state index in [9.17, 15) is 9.59 Å². The molecule has 3 rings (SSSR count). The van der Waals surface area contributed by atoms with Crippen LogP contribution < -0.4 is 15.8 Å². The Morgan fingerprint density at radius 3 is 3.04 bits per heavy atom. The van der Waals surface area contributed by atoms with Gasteiger partial charge in [-0.05, 0) is 25.3 Å². The normalized spacial score (nSPS) is 17.5. The highest BCUT2D eigenvalue weighted by molar-refractivity contribution is 5.76. The molecular weight excluding hydrogens is 320 g/mol. The van der Waals surface area contributed by atoms with E-state index in [1.165, 1.54) is 4.57 Å². The fraction of sp³-hybridized carbons (Fsp3) is 0.529. The zero-order valence-corrected chi connectivity index (χ0v) is 14.7. The molecule has 8 heteroatoms. The van der Waals surface area contributed by atoms with Gasteiger partial charge in [0.2, 0.25) is 5.91 Å². The molecule has 1 N–H and O–H groups in total. The Morgan fingerprint density at radius 2 is 2.28 bits per heavy atom. The van der Waals surface area contributed by atoms with Crippen LogP contribution in [0.3, 0.4) is 0 Å². The van der Waals surface area contributed by atoms with Crippen molar-refractivity contribution in [2.24, 2.45) is 7.05 Å². The van der Waals surface area contributed by atoms with Crippen molar-refractivity contribution < 1.29 is 4.79 Å². The number of carbonyl (C=O) groups excluding carboxylic acids is 1. The number of nitrogens with one attached hydrogen (secondary N) is 1. The zero-order chi connectivity index (χ0) is 17.8. The fourth-order valence-corrected chi connectivity index (χ4v) is 3.09. The van der Waals surface area contributed by atoms with E-state index in [4.69, 9.17) is 0 Å². The molecule has 0 saturated carbocycles. The van der Waals surface area contributed by atoms with E-state index in [1.54, 1.807) is 30.3 Å². The Bertz CT molecular complexity index is 796. The molecule has 1 amide bonds. The molecule has 1 aliphatic heterocycles. The van der Waals surface area contributed by atoms with Crippen LogP contribution in [0.2, 0.25) is 0 Å². The Labute approximate surface area is 146 Å². The lowest BCUT2D eigenvalue weighted by Gasteiger charge is -2.33. The standard InChI is InChI=1S/C17H24N6O2/c1-13-10-19-23(11-13)8-5-15(24)20-14-4-3-7-22(12-14)16-17(25)21(2)9-6-18-16/h6,9-11,14H,3-5,7-8,12H2,1-2H3,(H,20,24). The van der Waals surface area contributed by atoms with Crippen LogP contribution in [0, 0.1) is 6.92 Å². The lowest BCUT2D eigenvalue weighted by molar-refractivity contribution is -0.122. The highest BCUT2D eigenvalue weighted by Crippen LogP contribution is 2.14. The van der Waals surface area contributed by atoms with Gasteiger partial charge in [0.05, 0.1) is 6.20 Å². The number of amides is 1. The third-order valence-electron chi connectivity index (χ3n) is 4.42. The van der Waals surface area contributed by atoms with E-state index in [1.807, 2.05) is 18.0 Å². The Hall–Kier alpha value is -2.64. The van der Waals surface area contributed by atoms with E-state index in [0.717, 1.165) is 24.9 Å². The van der Waals surface area contributed by atoms with Crippen LogP contribution in [0.15, 0.2) is 29.6 Å². The molecule has 1 fully saturated rings. The van der Waals surface area contributed by atoms with Gasteiger partial charge in [-0.25, -0.2) is 4.98 Å². The van der Waals surface area contributed by atoms with Crippen molar-refractivity contribution in [1.29, 1.82) is 0 Å². The van der Waals surface area contributed by atoms with Gasteiger partial charge in [-0.1, -0.05) is 0 Å². The summed E-state index contributed by atoms with van der Waals surface area (Å²) in [7, 11) is 1.72. The Kier molecular flexibility index (Phi) is 5.16. The maximum atomic E-state index is 12.2. The zero-order valence-electron chi connectivity index (χ0n) is 14.7. The van der Waals surface area contributed by atoms with Crippen LogP contribution in [0.4, 0.5) is 5.82 Å². The molecule has 2 aromatic rings. The van der Waals surface area contributed by atoms with Crippen molar-refractivity contribution in [3.63, 3.8) is 0 Å².